The number of pyridine rings is 1. The molecule has 2 aromatic rings. The summed E-state index contributed by atoms with van der Waals surface area (Å²) in [5.74, 6) is 0.659. The Morgan fingerprint density at radius 3 is 2.50 bits per heavy atom. The highest BCUT2D eigenvalue weighted by molar-refractivity contribution is 9.11. The van der Waals surface area contributed by atoms with Crippen molar-refractivity contribution in [3.05, 3.63) is 56.7 Å². The van der Waals surface area contributed by atoms with Gasteiger partial charge in [-0.05, 0) is 56.1 Å². The standard InChI is InChI=1S/C13H9Br2NO2/c14-11-5-9(7-17)6-12(15)13(11)18-8-10-3-1-2-4-16-10/h1-7H,8H2. The molecule has 0 aliphatic carbocycles. The van der Waals surface area contributed by atoms with Crippen LogP contribution in [0, 0.1) is 0 Å². The van der Waals surface area contributed by atoms with Gasteiger partial charge in [0.2, 0.25) is 0 Å². The summed E-state index contributed by atoms with van der Waals surface area (Å²) in [4.78, 5) is 14.9. The molecular weight excluding hydrogens is 362 g/mol. The summed E-state index contributed by atoms with van der Waals surface area (Å²) in [5, 5.41) is 0. The van der Waals surface area contributed by atoms with E-state index in [2.05, 4.69) is 36.8 Å². The number of rotatable bonds is 4. The number of aromatic nitrogens is 1. The van der Waals surface area contributed by atoms with Gasteiger partial charge in [-0.1, -0.05) is 6.07 Å². The van der Waals surface area contributed by atoms with Crippen LogP contribution in [0.1, 0.15) is 16.1 Å². The summed E-state index contributed by atoms with van der Waals surface area (Å²) >= 11 is 6.76. The number of aldehydes is 1. The van der Waals surface area contributed by atoms with Crippen molar-refractivity contribution in [2.45, 2.75) is 6.61 Å². The molecule has 1 heterocycles. The Hall–Kier alpha value is -1.20. The van der Waals surface area contributed by atoms with Gasteiger partial charge < -0.3 is 4.74 Å². The maximum Gasteiger partial charge on any atom is 0.150 e. The Kier molecular flexibility index (Phi) is 4.49. The minimum atomic E-state index is 0.373. The van der Waals surface area contributed by atoms with Gasteiger partial charge in [0.15, 0.2) is 0 Å². The molecule has 0 unspecified atom stereocenters. The second-order valence-corrected chi connectivity index (χ2v) is 5.25. The number of hydrogen-bond donors (Lipinski definition) is 0. The minimum absolute atomic E-state index is 0.373. The van der Waals surface area contributed by atoms with Crippen molar-refractivity contribution in [3.8, 4) is 5.75 Å². The molecule has 18 heavy (non-hydrogen) atoms. The van der Waals surface area contributed by atoms with Gasteiger partial charge >= 0.3 is 0 Å². The molecule has 3 nitrogen and oxygen atoms in total. The lowest BCUT2D eigenvalue weighted by molar-refractivity contribution is 0.112. The van der Waals surface area contributed by atoms with Crippen LogP contribution < -0.4 is 4.74 Å². The van der Waals surface area contributed by atoms with Gasteiger partial charge in [-0.15, -0.1) is 0 Å². The second kappa shape index (κ2) is 6.11. The normalized spacial score (nSPS) is 10.1. The minimum Gasteiger partial charge on any atom is -0.485 e. The first-order chi connectivity index (χ1) is 8.70. The lowest BCUT2D eigenvalue weighted by atomic mass is 10.2. The number of hydrogen-bond acceptors (Lipinski definition) is 3. The maximum absolute atomic E-state index is 10.7. The molecule has 0 amide bonds. The summed E-state index contributed by atoms with van der Waals surface area (Å²) < 4.78 is 7.14. The summed E-state index contributed by atoms with van der Waals surface area (Å²) in [6, 6.07) is 9.08. The van der Waals surface area contributed by atoms with Gasteiger partial charge in [-0.2, -0.15) is 0 Å². The van der Waals surface area contributed by atoms with Crippen molar-refractivity contribution in [2.24, 2.45) is 0 Å². The third-order valence-electron chi connectivity index (χ3n) is 2.25. The quantitative estimate of drug-likeness (QED) is 0.763. The van der Waals surface area contributed by atoms with Gasteiger partial charge in [-0.3, -0.25) is 9.78 Å². The van der Waals surface area contributed by atoms with E-state index in [0.717, 1.165) is 20.9 Å². The molecule has 0 bridgehead atoms. The summed E-state index contributed by atoms with van der Waals surface area (Å²) in [5.41, 5.74) is 1.43. The first-order valence-electron chi connectivity index (χ1n) is 5.17. The maximum atomic E-state index is 10.7. The first kappa shape index (κ1) is 13.2. The van der Waals surface area contributed by atoms with Crippen LogP contribution in [0.15, 0.2) is 45.5 Å². The Bertz CT molecular complexity index is 535. The lowest BCUT2D eigenvalue weighted by Crippen LogP contribution is -1.99. The van der Waals surface area contributed by atoms with Crippen LogP contribution in [0.3, 0.4) is 0 Å². The molecule has 92 valence electrons. The summed E-state index contributed by atoms with van der Waals surface area (Å²) in [6.07, 6.45) is 2.51. The van der Waals surface area contributed by atoms with E-state index < -0.39 is 0 Å². The zero-order valence-corrected chi connectivity index (χ0v) is 12.4. The molecule has 1 aromatic heterocycles. The van der Waals surface area contributed by atoms with E-state index in [4.69, 9.17) is 4.74 Å². The highest BCUT2D eigenvalue weighted by Gasteiger charge is 2.09. The van der Waals surface area contributed by atoms with Crippen molar-refractivity contribution in [1.29, 1.82) is 0 Å². The molecule has 0 spiro atoms. The van der Waals surface area contributed by atoms with Crippen LogP contribution in [0.25, 0.3) is 0 Å². The molecule has 0 atom stereocenters. The summed E-state index contributed by atoms with van der Waals surface area (Å²) in [7, 11) is 0. The SMILES string of the molecule is O=Cc1cc(Br)c(OCc2ccccn2)c(Br)c1. The van der Waals surface area contributed by atoms with Crippen molar-refractivity contribution >= 4 is 38.1 Å². The third kappa shape index (κ3) is 3.17. The zero-order chi connectivity index (χ0) is 13.0. The average molecular weight is 371 g/mol. The molecule has 2 rings (SSSR count). The smallest absolute Gasteiger partial charge is 0.150 e. The predicted octanol–water partition coefficient (Wildman–Crippen LogP) is 4.00. The number of carbonyl (C=O) groups is 1. The van der Waals surface area contributed by atoms with E-state index >= 15 is 0 Å². The Morgan fingerprint density at radius 1 is 1.22 bits per heavy atom. The molecule has 0 aliphatic rings. The molecule has 1 aromatic carbocycles. The number of carbonyl (C=O) groups excluding carboxylic acids is 1. The fraction of sp³-hybridized carbons (Fsp3) is 0.0769. The molecule has 0 N–H and O–H groups in total. The van der Waals surface area contributed by atoms with E-state index in [1.54, 1.807) is 18.3 Å². The Balaban J connectivity index is 2.17. The van der Waals surface area contributed by atoms with Crippen LogP contribution in [0.5, 0.6) is 5.75 Å². The van der Waals surface area contributed by atoms with Crippen LogP contribution in [0.2, 0.25) is 0 Å². The van der Waals surface area contributed by atoms with Gasteiger partial charge in [0.05, 0.1) is 14.6 Å². The highest BCUT2D eigenvalue weighted by Crippen LogP contribution is 2.34. The number of ether oxygens (including phenoxy) is 1. The van der Waals surface area contributed by atoms with Gasteiger partial charge in [0, 0.05) is 11.8 Å². The van der Waals surface area contributed by atoms with Crippen LogP contribution in [-0.2, 0) is 6.61 Å². The highest BCUT2D eigenvalue weighted by atomic mass is 79.9. The van der Waals surface area contributed by atoms with Crippen molar-refractivity contribution in [1.82, 2.24) is 4.98 Å². The van der Waals surface area contributed by atoms with Gasteiger partial charge in [-0.25, -0.2) is 0 Å². The van der Waals surface area contributed by atoms with Crippen LogP contribution in [-0.4, -0.2) is 11.3 Å². The monoisotopic (exact) mass is 369 g/mol. The lowest BCUT2D eigenvalue weighted by Gasteiger charge is -2.10. The number of halogens is 2. The topological polar surface area (TPSA) is 39.2 Å². The Labute approximate surface area is 121 Å². The van der Waals surface area contributed by atoms with E-state index in [1.165, 1.54) is 0 Å². The van der Waals surface area contributed by atoms with Crippen LogP contribution >= 0.6 is 31.9 Å². The Morgan fingerprint density at radius 2 is 1.94 bits per heavy atom. The van der Waals surface area contributed by atoms with Crippen LogP contribution in [0.4, 0.5) is 0 Å². The predicted molar refractivity (Wildman–Crippen MR) is 75.8 cm³/mol. The van der Waals surface area contributed by atoms with Gasteiger partial charge in [0.1, 0.15) is 18.6 Å². The molecule has 5 heteroatoms. The molecule has 0 saturated carbocycles. The molecule has 0 fully saturated rings. The fourth-order valence-corrected chi connectivity index (χ4v) is 2.87. The third-order valence-corrected chi connectivity index (χ3v) is 3.43. The van der Waals surface area contributed by atoms with Crippen molar-refractivity contribution in [2.75, 3.05) is 0 Å². The molecule has 0 saturated heterocycles. The molecular formula is C13H9Br2NO2. The van der Waals surface area contributed by atoms with E-state index in [-0.39, 0.29) is 0 Å². The van der Waals surface area contributed by atoms with Gasteiger partial charge in [0.25, 0.3) is 0 Å². The van der Waals surface area contributed by atoms with E-state index in [9.17, 15) is 4.79 Å². The van der Waals surface area contributed by atoms with E-state index in [1.807, 2.05) is 18.2 Å². The van der Waals surface area contributed by atoms with Crippen molar-refractivity contribution < 1.29 is 9.53 Å². The van der Waals surface area contributed by atoms with E-state index in [0.29, 0.717) is 17.9 Å². The second-order valence-electron chi connectivity index (χ2n) is 3.54. The fourth-order valence-electron chi connectivity index (χ4n) is 1.42. The molecule has 0 radical (unpaired) electrons. The largest absolute Gasteiger partial charge is 0.485 e. The average Bonchev–Trinajstić information content (AvgIpc) is 2.38. The first-order valence-corrected chi connectivity index (χ1v) is 6.76. The number of nitrogens with zero attached hydrogens (tertiary/aromatic N) is 1. The molecule has 0 aliphatic heterocycles. The van der Waals surface area contributed by atoms with Crippen molar-refractivity contribution in [3.63, 3.8) is 0 Å². The summed E-state index contributed by atoms with van der Waals surface area (Å²) in [6.45, 7) is 0.373. The number of benzene rings is 1. The zero-order valence-electron chi connectivity index (χ0n) is 9.27.